The Morgan fingerprint density at radius 2 is 2.06 bits per heavy atom. The maximum atomic E-state index is 5.92. The molecule has 1 aromatic rings. The fourth-order valence-electron chi connectivity index (χ4n) is 2.43. The maximum absolute atomic E-state index is 5.92. The average Bonchev–Trinajstić information content (AvgIpc) is 2.63. The summed E-state index contributed by atoms with van der Waals surface area (Å²) in [7, 11) is 0. The van der Waals surface area contributed by atoms with E-state index in [0.29, 0.717) is 12.0 Å². The lowest BCUT2D eigenvalue weighted by atomic mass is 9.86. The van der Waals surface area contributed by atoms with Gasteiger partial charge in [0.05, 0.1) is 0 Å². The monoisotopic (exact) mass is 220 g/mol. The fraction of sp³-hybridized carbons (Fsp3) is 0.667. The zero-order chi connectivity index (χ0) is 11.5. The molecule has 0 amide bonds. The van der Waals surface area contributed by atoms with E-state index in [-0.39, 0.29) is 0 Å². The number of nitrogens with two attached hydrogens (primary N) is 1. The minimum atomic E-state index is 0.383. The number of nitrogens with zero attached hydrogens (tertiary/aromatic N) is 3. The molecule has 1 aliphatic rings. The molecule has 1 aromatic heterocycles. The van der Waals surface area contributed by atoms with Crippen molar-refractivity contribution in [2.24, 2.45) is 5.73 Å². The van der Waals surface area contributed by atoms with Crippen LogP contribution in [0.25, 0.3) is 0 Å². The Bertz CT molecular complexity index is 361. The van der Waals surface area contributed by atoms with Crippen LogP contribution >= 0.6 is 0 Å². The third-order valence-electron chi connectivity index (χ3n) is 3.41. The predicted octanol–water partition coefficient (Wildman–Crippen LogP) is 1.76. The van der Waals surface area contributed by atoms with Crippen LogP contribution < -0.4 is 5.73 Å². The largest absolute Gasteiger partial charge is 0.328 e. The lowest BCUT2D eigenvalue weighted by Crippen LogP contribution is -2.26. The molecule has 1 aliphatic carbocycles. The molecular formula is C12H20N4. The van der Waals surface area contributed by atoms with Crippen LogP contribution in [0.15, 0.2) is 12.7 Å². The quantitative estimate of drug-likeness (QED) is 0.790. The molecule has 4 nitrogen and oxygen atoms in total. The highest BCUT2D eigenvalue weighted by Crippen LogP contribution is 2.31. The van der Waals surface area contributed by atoms with E-state index in [1.807, 2.05) is 13.0 Å². The summed E-state index contributed by atoms with van der Waals surface area (Å²) in [6.45, 7) is 6.58. The number of aryl methyl sites for hydroxylation is 1. The van der Waals surface area contributed by atoms with Gasteiger partial charge in [-0.2, -0.15) is 0 Å². The molecule has 1 fully saturated rings. The minimum Gasteiger partial charge on any atom is -0.328 e. The molecule has 2 rings (SSSR count). The van der Waals surface area contributed by atoms with E-state index >= 15 is 0 Å². The van der Waals surface area contributed by atoms with Gasteiger partial charge in [-0.15, -0.1) is 16.8 Å². The smallest absolute Gasteiger partial charge is 0.136 e. The van der Waals surface area contributed by atoms with Gasteiger partial charge in [0.25, 0.3) is 0 Å². The molecule has 0 aromatic carbocycles. The van der Waals surface area contributed by atoms with Crippen LogP contribution in [0.3, 0.4) is 0 Å². The summed E-state index contributed by atoms with van der Waals surface area (Å²) in [5.41, 5.74) is 5.92. The Kier molecular flexibility index (Phi) is 3.39. The van der Waals surface area contributed by atoms with Crippen molar-refractivity contribution in [3.05, 3.63) is 24.3 Å². The van der Waals surface area contributed by atoms with Gasteiger partial charge in [-0.05, 0) is 32.6 Å². The Morgan fingerprint density at radius 1 is 1.38 bits per heavy atom. The van der Waals surface area contributed by atoms with Crippen LogP contribution in [0, 0.1) is 6.92 Å². The number of aromatic nitrogens is 3. The highest BCUT2D eigenvalue weighted by molar-refractivity contribution is 5.04. The van der Waals surface area contributed by atoms with Crippen molar-refractivity contribution in [2.75, 3.05) is 0 Å². The van der Waals surface area contributed by atoms with Gasteiger partial charge in [0.1, 0.15) is 11.6 Å². The molecule has 4 heteroatoms. The SMILES string of the molecule is C=CCn1c(C)nnc1C1CCC(N)CC1. The molecular weight excluding hydrogens is 200 g/mol. The topological polar surface area (TPSA) is 56.7 Å². The standard InChI is InChI=1S/C12H20N4/c1-3-8-16-9(2)14-15-12(16)10-4-6-11(13)7-5-10/h3,10-11H,1,4-8,13H2,2H3. The van der Waals surface area contributed by atoms with E-state index in [1.165, 1.54) is 0 Å². The van der Waals surface area contributed by atoms with Crippen LogP contribution in [0.4, 0.5) is 0 Å². The van der Waals surface area contributed by atoms with Crippen molar-refractivity contribution in [2.45, 2.75) is 51.1 Å². The number of hydrogen-bond acceptors (Lipinski definition) is 3. The van der Waals surface area contributed by atoms with E-state index in [2.05, 4.69) is 21.3 Å². The van der Waals surface area contributed by atoms with Crippen molar-refractivity contribution < 1.29 is 0 Å². The summed E-state index contributed by atoms with van der Waals surface area (Å²) in [6.07, 6.45) is 6.37. The summed E-state index contributed by atoms with van der Waals surface area (Å²) in [5, 5.41) is 8.47. The molecule has 0 bridgehead atoms. The van der Waals surface area contributed by atoms with Crippen molar-refractivity contribution in [3.63, 3.8) is 0 Å². The van der Waals surface area contributed by atoms with Gasteiger partial charge >= 0.3 is 0 Å². The highest BCUT2D eigenvalue weighted by Gasteiger charge is 2.24. The number of hydrogen-bond donors (Lipinski definition) is 1. The van der Waals surface area contributed by atoms with Crippen LogP contribution in [0.1, 0.15) is 43.3 Å². The van der Waals surface area contributed by atoms with E-state index in [4.69, 9.17) is 5.73 Å². The predicted molar refractivity (Wildman–Crippen MR) is 64.1 cm³/mol. The third-order valence-corrected chi connectivity index (χ3v) is 3.41. The lowest BCUT2D eigenvalue weighted by molar-refractivity contribution is 0.377. The van der Waals surface area contributed by atoms with Crippen LogP contribution in [0.5, 0.6) is 0 Å². The molecule has 0 radical (unpaired) electrons. The Balaban J connectivity index is 2.16. The number of allylic oxidation sites excluding steroid dienone is 1. The first kappa shape index (κ1) is 11.3. The third kappa shape index (κ3) is 2.16. The van der Waals surface area contributed by atoms with Gasteiger partial charge < -0.3 is 10.3 Å². The summed E-state index contributed by atoms with van der Waals surface area (Å²) in [4.78, 5) is 0. The normalized spacial score (nSPS) is 25.6. The van der Waals surface area contributed by atoms with E-state index in [0.717, 1.165) is 43.9 Å². The van der Waals surface area contributed by atoms with Crippen molar-refractivity contribution in [3.8, 4) is 0 Å². The van der Waals surface area contributed by atoms with Gasteiger partial charge in [-0.3, -0.25) is 0 Å². The average molecular weight is 220 g/mol. The van der Waals surface area contributed by atoms with Crippen molar-refractivity contribution in [1.29, 1.82) is 0 Å². The van der Waals surface area contributed by atoms with Gasteiger partial charge in [-0.25, -0.2) is 0 Å². The van der Waals surface area contributed by atoms with Crippen LogP contribution in [-0.4, -0.2) is 20.8 Å². The van der Waals surface area contributed by atoms with Crippen molar-refractivity contribution in [1.82, 2.24) is 14.8 Å². The Morgan fingerprint density at radius 3 is 2.69 bits per heavy atom. The zero-order valence-electron chi connectivity index (χ0n) is 9.89. The molecule has 0 atom stereocenters. The molecule has 0 unspecified atom stereocenters. The van der Waals surface area contributed by atoms with Crippen LogP contribution in [0.2, 0.25) is 0 Å². The fourth-order valence-corrected chi connectivity index (χ4v) is 2.43. The first-order chi connectivity index (χ1) is 7.72. The van der Waals surface area contributed by atoms with Gasteiger partial charge in [0, 0.05) is 18.5 Å². The molecule has 1 saturated carbocycles. The highest BCUT2D eigenvalue weighted by atomic mass is 15.3. The summed E-state index contributed by atoms with van der Waals surface area (Å²) >= 11 is 0. The van der Waals surface area contributed by atoms with Gasteiger partial charge in [-0.1, -0.05) is 6.08 Å². The second kappa shape index (κ2) is 4.78. The van der Waals surface area contributed by atoms with Gasteiger partial charge in [0.2, 0.25) is 0 Å². The Hall–Kier alpha value is -1.16. The molecule has 2 N–H and O–H groups in total. The molecule has 0 spiro atoms. The van der Waals surface area contributed by atoms with Crippen molar-refractivity contribution >= 4 is 0 Å². The number of rotatable bonds is 3. The van der Waals surface area contributed by atoms with E-state index in [9.17, 15) is 0 Å². The summed E-state index contributed by atoms with van der Waals surface area (Å²) < 4.78 is 2.16. The van der Waals surface area contributed by atoms with E-state index in [1.54, 1.807) is 0 Å². The summed E-state index contributed by atoms with van der Waals surface area (Å²) in [5.74, 6) is 2.62. The minimum absolute atomic E-state index is 0.383. The molecule has 0 saturated heterocycles. The van der Waals surface area contributed by atoms with Gasteiger partial charge in [0.15, 0.2) is 0 Å². The first-order valence-corrected chi connectivity index (χ1v) is 5.98. The Labute approximate surface area is 96.6 Å². The van der Waals surface area contributed by atoms with E-state index < -0.39 is 0 Å². The lowest BCUT2D eigenvalue weighted by Gasteiger charge is -2.25. The molecule has 16 heavy (non-hydrogen) atoms. The molecule has 0 aliphatic heterocycles. The molecule has 88 valence electrons. The zero-order valence-corrected chi connectivity index (χ0v) is 9.89. The molecule has 1 heterocycles. The maximum Gasteiger partial charge on any atom is 0.136 e. The first-order valence-electron chi connectivity index (χ1n) is 5.98. The van der Waals surface area contributed by atoms with Crippen LogP contribution in [-0.2, 0) is 6.54 Å². The second-order valence-corrected chi connectivity index (χ2v) is 4.62. The summed E-state index contributed by atoms with van der Waals surface area (Å²) in [6, 6.07) is 0.383. The second-order valence-electron chi connectivity index (χ2n) is 4.62.